The predicted octanol–water partition coefficient (Wildman–Crippen LogP) is 2.83. The number of nitro benzene ring substituents is 1. The van der Waals surface area contributed by atoms with Crippen LogP contribution in [0.25, 0.3) is 0 Å². The number of nitrogens with two attached hydrogens (primary N) is 1. The SMILES string of the molecule is Cc1c(NC(CN)C2CCCC2)cccc1[N+](=O)[O-]. The first kappa shape index (κ1) is 13.8. The van der Waals surface area contributed by atoms with Gasteiger partial charge in [0.2, 0.25) is 0 Å². The van der Waals surface area contributed by atoms with E-state index in [2.05, 4.69) is 5.32 Å². The highest BCUT2D eigenvalue weighted by atomic mass is 16.6. The monoisotopic (exact) mass is 263 g/mol. The van der Waals surface area contributed by atoms with Crippen molar-refractivity contribution in [3.8, 4) is 0 Å². The molecular weight excluding hydrogens is 242 g/mol. The molecule has 1 atom stereocenters. The lowest BCUT2D eigenvalue weighted by atomic mass is 9.97. The molecule has 19 heavy (non-hydrogen) atoms. The van der Waals surface area contributed by atoms with Crippen LogP contribution in [0, 0.1) is 23.0 Å². The van der Waals surface area contributed by atoms with Crippen molar-refractivity contribution in [2.24, 2.45) is 11.7 Å². The maximum absolute atomic E-state index is 10.9. The van der Waals surface area contributed by atoms with E-state index in [1.165, 1.54) is 31.7 Å². The summed E-state index contributed by atoms with van der Waals surface area (Å²) in [7, 11) is 0. The average Bonchev–Trinajstić information content (AvgIpc) is 2.91. The molecule has 0 bridgehead atoms. The maximum atomic E-state index is 10.9. The zero-order valence-corrected chi connectivity index (χ0v) is 11.3. The first-order chi connectivity index (χ1) is 9.13. The second kappa shape index (κ2) is 6.02. The van der Waals surface area contributed by atoms with Crippen LogP contribution < -0.4 is 11.1 Å². The van der Waals surface area contributed by atoms with Crippen molar-refractivity contribution in [3.63, 3.8) is 0 Å². The summed E-state index contributed by atoms with van der Waals surface area (Å²) in [5.41, 5.74) is 7.53. The molecule has 1 fully saturated rings. The molecule has 0 heterocycles. The van der Waals surface area contributed by atoms with Crippen LogP contribution in [-0.4, -0.2) is 17.5 Å². The number of rotatable bonds is 5. The van der Waals surface area contributed by atoms with Crippen LogP contribution in [0.4, 0.5) is 11.4 Å². The van der Waals surface area contributed by atoms with Crippen molar-refractivity contribution in [1.29, 1.82) is 0 Å². The zero-order valence-electron chi connectivity index (χ0n) is 11.3. The first-order valence-corrected chi connectivity index (χ1v) is 6.84. The Bertz CT molecular complexity index is 456. The molecule has 2 rings (SSSR count). The third-order valence-electron chi connectivity index (χ3n) is 4.07. The van der Waals surface area contributed by atoms with E-state index in [1.807, 2.05) is 6.07 Å². The molecule has 1 aromatic carbocycles. The molecule has 1 aliphatic rings. The lowest BCUT2D eigenvalue weighted by Gasteiger charge is -2.25. The Morgan fingerprint density at radius 3 is 2.74 bits per heavy atom. The topological polar surface area (TPSA) is 81.2 Å². The lowest BCUT2D eigenvalue weighted by molar-refractivity contribution is -0.385. The van der Waals surface area contributed by atoms with Crippen LogP contribution in [0.1, 0.15) is 31.2 Å². The Kier molecular flexibility index (Phi) is 4.37. The molecule has 3 N–H and O–H groups in total. The fraction of sp³-hybridized carbons (Fsp3) is 0.571. The number of nitrogens with one attached hydrogen (secondary N) is 1. The molecular formula is C14H21N3O2. The minimum Gasteiger partial charge on any atom is -0.380 e. The van der Waals surface area contributed by atoms with Crippen molar-refractivity contribution in [2.75, 3.05) is 11.9 Å². The van der Waals surface area contributed by atoms with Gasteiger partial charge in [-0.05, 0) is 31.7 Å². The van der Waals surface area contributed by atoms with Gasteiger partial charge in [-0.3, -0.25) is 10.1 Å². The van der Waals surface area contributed by atoms with Gasteiger partial charge in [-0.25, -0.2) is 0 Å². The van der Waals surface area contributed by atoms with Gasteiger partial charge in [0.15, 0.2) is 0 Å². The zero-order chi connectivity index (χ0) is 13.8. The van der Waals surface area contributed by atoms with Crippen LogP contribution in [0.5, 0.6) is 0 Å². The number of anilines is 1. The minimum atomic E-state index is -0.340. The summed E-state index contributed by atoms with van der Waals surface area (Å²) in [5, 5.41) is 14.3. The summed E-state index contributed by atoms with van der Waals surface area (Å²) in [6, 6.07) is 5.35. The molecule has 0 amide bonds. The number of hydrogen-bond acceptors (Lipinski definition) is 4. The van der Waals surface area contributed by atoms with Crippen LogP contribution in [0.3, 0.4) is 0 Å². The van der Waals surface area contributed by atoms with Crippen molar-refractivity contribution in [3.05, 3.63) is 33.9 Å². The number of nitrogens with zero attached hydrogens (tertiary/aromatic N) is 1. The van der Waals surface area contributed by atoms with E-state index in [4.69, 9.17) is 5.73 Å². The molecule has 1 aliphatic carbocycles. The molecule has 0 aromatic heterocycles. The Labute approximate surface area is 113 Å². The molecule has 1 aromatic rings. The van der Waals surface area contributed by atoms with E-state index in [9.17, 15) is 10.1 Å². The van der Waals surface area contributed by atoms with Crippen molar-refractivity contribution in [1.82, 2.24) is 0 Å². The summed E-state index contributed by atoms with van der Waals surface area (Å²) in [4.78, 5) is 10.6. The second-order valence-electron chi connectivity index (χ2n) is 5.24. The summed E-state index contributed by atoms with van der Waals surface area (Å²) >= 11 is 0. The van der Waals surface area contributed by atoms with Gasteiger partial charge >= 0.3 is 0 Å². The van der Waals surface area contributed by atoms with Crippen molar-refractivity contribution in [2.45, 2.75) is 38.6 Å². The highest BCUT2D eigenvalue weighted by Gasteiger charge is 2.25. The van der Waals surface area contributed by atoms with Gasteiger partial charge in [-0.15, -0.1) is 0 Å². The summed E-state index contributed by atoms with van der Waals surface area (Å²) in [6.07, 6.45) is 4.92. The number of hydrogen-bond donors (Lipinski definition) is 2. The van der Waals surface area contributed by atoms with Crippen LogP contribution >= 0.6 is 0 Å². The molecule has 5 nitrogen and oxygen atoms in total. The minimum absolute atomic E-state index is 0.159. The van der Waals surface area contributed by atoms with E-state index in [0.29, 0.717) is 18.0 Å². The average molecular weight is 263 g/mol. The number of nitro groups is 1. The number of benzene rings is 1. The molecule has 0 saturated heterocycles. The highest BCUT2D eigenvalue weighted by molar-refractivity contribution is 5.60. The fourth-order valence-corrected chi connectivity index (χ4v) is 2.91. The van der Waals surface area contributed by atoms with Gasteiger partial charge in [0.25, 0.3) is 5.69 Å². The third-order valence-corrected chi connectivity index (χ3v) is 4.07. The quantitative estimate of drug-likeness (QED) is 0.632. The van der Waals surface area contributed by atoms with Crippen molar-refractivity contribution >= 4 is 11.4 Å². The summed E-state index contributed by atoms with van der Waals surface area (Å²) in [5.74, 6) is 0.587. The molecule has 0 spiro atoms. The van der Waals surface area contributed by atoms with E-state index in [0.717, 1.165) is 5.69 Å². The van der Waals surface area contributed by atoms with Gasteiger partial charge < -0.3 is 11.1 Å². The van der Waals surface area contributed by atoms with Gasteiger partial charge in [0.1, 0.15) is 0 Å². The largest absolute Gasteiger partial charge is 0.380 e. The Hall–Kier alpha value is -1.62. The van der Waals surface area contributed by atoms with Crippen LogP contribution in [0.15, 0.2) is 18.2 Å². The second-order valence-corrected chi connectivity index (χ2v) is 5.24. The highest BCUT2D eigenvalue weighted by Crippen LogP contribution is 2.31. The van der Waals surface area contributed by atoms with E-state index in [-0.39, 0.29) is 16.7 Å². The summed E-state index contributed by atoms with van der Waals surface area (Å²) < 4.78 is 0. The first-order valence-electron chi connectivity index (χ1n) is 6.84. The van der Waals surface area contributed by atoms with Crippen LogP contribution in [0.2, 0.25) is 0 Å². The van der Waals surface area contributed by atoms with Gasteiger partial charge in [0.05, 0.1) is 4.92 Å². The molecule has 0 radical (unpaired) electrons. The third kappa shape index (κ3) is 3.04. The molecule has 5 heteroatoms. The molecule has 104 valence electrons. The molecule has 0 aliphatic heterocycles. The molecule has 1 saturated carbocycles. The Morgan fingerprint density at radius 2 is 2.16 bits per heavy atom. The Morgan fingerprint density at radius 1 is 1.47 bits per heavy atom. The lowest BCUT2D eigenvalue weighted by Crippen LogP contribution is -2.35. The van der Waals surface area contributed by atoms with Gasteiger partial charge in [-0.2, -0.15) is 0 Å². The standard InChI is InChI=1S/C14H21N3O2/c1-10-12(7-4-8-14(10)17(18)19)16-13(9-15)11-5-2-3-6-11/h4,7-8,11,13,16H,2-3,5-6,9,15H2,1H3. The fourth-order valence-electron chi connectivity index (χ4n) is 2.91. The summed E-state index contributed by atoms with van der Waals surface area (Å²) in [6.45, 7) is 2.34. The van der Waals surface area contributed by atoms with Gasteiger partial charge in [-0.1, -0.05) is 18.9 Å². The Balaban J connectivity index is 2.17. The smallest absolute Gasteiger partial charge is 0.274 e. The normalized spacial score (nSPS) is 17.4. The van der Waals surface area contributed by atoms with Gasteiger partial charge in [0, 0.05) is 29.9 Å². The van der Waals surface area contributed by atoms with Crippen molar-refractivity contribution < 1.29 is 4.92 Å². The van der Waals surface area contributed by atoms with Crippen LogP contribution in [-0.2, 0) is 0 Å². The predicted molar refractivity (Wildman–Crippen MR) is 76.3 cm³/mol. The van der Waals surface area contributed by atoms with E-state index >= 15 is 0 Å². The van der Waals surface area contributed by atoms with E-state index < -0.39 is 0 Å². The molecule has 1 unspecified atom stereocenters. The maximum Gasteiger partial charge on any atom is 0.274 e. The van der Waals surface area contributed by atoms with E-state index in [1.54, 1.807) is 13.0 Å².